The highest BCUT2D eigenvalue weighted by Crippen LogP contribution is 2.27. The van der Waals surface area contributed by atoms with Crippen molar-refractivity contribution in [2.45, 2.75) is 37.8 Å². The third-order valence-electron chi connectivity index (χ3n) is 4.16. The summed E-state index contributed by atoms with van der Waals surface area (Å²) in [5.41, 5.74) is 6.64. The summed E-state index contributed by atoms with van der Waals surface area (Å²) in [5, 5.41) is 13.0. The van der Waals surface area contributed by atoms with Gasteiger partial charge in [-0.15, -0.1) is 0 Å². The van der Waals surface area contributed by atoms with Gasteiger partial charge < -0.3 is 20.9 Å². The number of methoxy groups -OCH3 is 1. The van der Waals surface area contributed by atoms with Crippen LogP contribution in [-0.2, 0) is 4.79 Å². The fraction of sp³-hybridized carbons (Fsp3) is 0.562. The van der Waals surface area contributed by atoms with E-state index in [2.05, 4.69) is 5.32 Å². The van der Waals surface area contributed by atoms with Gasteiger partial charge in [-0.25, -0.2) is 0 Å². The van der Waals surface area contributed by atoms with E-state index >= 15 is 0 Å². The van der Waals surface area contributed by atoms with Crippen LogP contribution >= 0.6 is 0 Å². The van der Waals surface area contributed by atoms with E-state index in [-0.39, 0.29) is 24.4 Å². The Morgan fingerprint density at radius 1 is 1.48 bits per heavy atom. The average molecular weight is 292 g/mol. The molecule has 5 nitrogen and oxygen atoms in total. The molecule has 0 aromatic heterocycles. The van der Waals surface area contributed by atoms with Crippen LogP contribution in [0.4, 0.5) is 0 Å². The molecule has 1 aliphatic carbocycles. The van der Waals surface area contributed by atoms with Crippen molar-refractivity contribution in [2.75, 3.05) is 13.7 Å². The second kappa shape index (κ2) is 7.43. The van der Waals surface area contributed by atoms with E-state index < -0.39 is 6.10 Å². The molecular weight excluding hydrogens is 268 g/mol. The Morgan fingerprint density at radius 2 is 2.24 bits per heavy atom. The summed E-state index contributed by atoms with van der Waals surface area (Å²) in [6.07, 6.45) is 2.79. The number of rotatable bonds is 6. The molecule has 5 heteroatoms. The zero-order chi connectivity index (χ0) is 15.2. The highest BCUT2D eigenvalue weighted by Gasteiger charge is 2.26. The molecule has 1 fully saturated rings. The monoisotopic (exact) mass is 292 g/mol. The zero-order valence-electron chi connectivity index (χ0n) is 12.4. The fourth-order valence-electron chi connectivity index (χ4n) is 2.89. The molecular formula is C16H24N2O3. The largest absolute Gasteiger partial charge is 0.496 e. The molecule has 1 unspecified atom stereocenters. The van der Waals surface area contributed by atoms with Crippen LogP contribution in [0.5, 0.6) is 5.75 Å². The van der Waals surface area contributed by atoms with Gasteiger partial charge in [0.1, 0.15) is 5.75 Å². The van der Waals surface area contributed by atoms with Crippen LogP contribution < -0.4 is 15.8 Å². The summed E-state index contributed by atoms with van der Waals surface area (Å²) in [6.45, 7) is 0.182. The van der Waals surface area contributed by atoms with Crippen molar-refractivity contribution >= 4 is 5.91 Å². The number of nitrogens with one attached hydrogen (secondary N) is 1. The molecule has 1 amide bonds. The van der Waals surface area contributed by atoms with E-state index in [0.717, 1.165) is 19.3 Å². The van der Waals surface area contributed by atoms with Crippen molar-refractivity contribution in [1.29, 1.82) is 0 Å². The molecule has 2 rings (SSSR count). The highest BCUT2D eigenvalue weighted by molar-refractivity contribution is 5.76. The normalized spacial score (nSPS) is 22.8. The maximum Gasteiger partial charge on any atom is 0.220 e. The molecule has 1 saturated carbocycles. The van der Waals surface area contributed by atoms with E-state index in [0.29, 0.717) is 17.7 Å². The average Bonchev–Trinajstić information content (AvgIpc) is 2.90. The Kier molecular flexibility index (Phi) is 5.59. The Morgan fingerprint density at radius 3 is 2.90 bits per heavy atom. The van der Waals surface area contributed by atoms with Crippen molar-refractivity contribution in [1.82, 2.24) is 5.32 Å². The predicted molar refractivity (Wildman–Crippen MR) is 80.9 cm³/mol. The van der Waals surface area contributed by atoms with Gasteiger partial charge in [0.05, 0.1) is 13.2 Å². The quantitative estimate of drug-likeness (QED) is 0.739. The third kappa shape index (κ3) is 4.19. The summed E-state index contributed by atoms with van der Waals surface area (Å²) >= 11 is 0. The Labute approximate surface area is 125 Å². The molecule has 1 aliphatic rings. The van der Waals surface area contributed by atoms with E-state index in [4.69, 9.17) is 10.5 Å². The molecule has 0 radical (unpaired) electrons. The molecule has 4 N–H and O–H groups in total. The lowest BCUT2D eigenvalue weighted by Gasteiger charge is -2.17. The molecule has 1 aromatic carbocycles. The number of carbonyl (C=O) groups is 1. The summed E-state index contributed by atoms with van der Waals surface area (Å²) in [5.74, 6) is 0.844. The Bertz CT molecular complexity index is 478. The van der Waals surface area contributed by atoms with Gasteiger partial charge in [0.25, 0.3) is 0 Å². The topological polar surface area (TPSA) is 84.6 Å². The molecule has 21 heavy (non-hydrogen) atoms. The Hall–Kier alpha value is -1.59. The van der Waals surface area contributed by atoms with Crippen LogP contribution in [0.15, 0.2) is 24.3 Å². The number of carbonyl (C=O) groups excluding carboxylic acids is 1. The van der Waals surface area contributed by atoms with Crippen LogP contribution in [0.2, 0.25) is 0 Å². The van der Waals surface area contributed by atoms with E-state index in [1.165, 1.54) is 0 Å². The van der Waals surface area contributed by atoms with Crippen LogP contribution in [0, 0.1) is 5.92 Å². The number of hydrogen-bond donors (Lipinski definition) is 3. The minimum atomic E-state index is -0.776. The molecule has 0 saturated heterocycles. The minimum absolute atomic E-state index is 0.0497. The highest BCUT2D eigenvalue weighted by atomic mass is 16.5. The number of benzene rings is 1. The second-order valence-electron chi connectivity index (χ2n) is 5.62. The molecule has 0 bridgehead atoms. The second-order valence-corrected chi connectivity index (χ2v) is 5.62. The van der Waals surface area contributed by atoms with Gasteiger partial charge in [0, 0.05) is 24.6 Å². The first-order valence-corrected chi connectivity index (χ1v) is 7.45. The van der Waals surface area contributed by atoms with Crippen molar-refractivity contribution in [3.05, 3.63) is 29.8 Å². The maximum absolute atomic E-state index is 11.9. The summed E-state index contributed by atoms with van der Waals surface area (Å²) in [6, 6.07) is 7.39. The van der Waals surface area contributed by atoms with Crippen molar-refractivity contribution in [3.8, 4) is 5.75 Å². The lowest BCUT2D eigenvalue weighted by atomic mass is 10.00. The number of hydrogen-bond acceptors (Lipinski definition) is 4. The van der Waals surface area contributed by atoms with E-state index in [9.17, 15) is 9.90 Å². The van der Waals surface area contributed by atoms with Gasteiger partial charge >= 0.3 is 0 Å². The fourth-order valence-corrected chi connectivity index (χ4v) is 2.89. The molecule has 0 heterocycles. The first kappa shape index (κ1) is 15.8. The van der Waals surface area contributed by atoms with Gasteiger partial charge in [-0.3, -0.25) is 4.79 Å². The van der Waals surface area contributed by atoms with Crippen LogP contribution in [-0.4, -0.2) is 30.7 Å². The number of aliphatic hydroxyl groups excluding tert-OH is 1. The number of amides is 1. The van der Waals surface area contributed by atoms with Gasteiger partial charge in [-0.2, -0.15) is 0 Å². The number of nitrogens with two attached hydrogens (primary N) is 1. The number of aliphatic hydroxyl groups is 1. The first-order chi connectivity index (χ1) is 10.1. The van der Waals surface area contributed by atoms with Crippen molar-refractivity contribution in [3.63, 3.8) is 0 Å². The standard InChI is InChI=1S/C16H24N2O3/c1-21-15-8-3-2-6-12(15)14(19)10-18-16(20)9-11-5-4-7-13(11)17/h2-3,6,8,11,13-14,19H,4-5,7,9-10,17H2,1H3,(H,18,20)/t11-,13+,14?/m0/s1. The van der Waals surface area contributed by atoms with Gasteiger partial charge in [-0.1, -0.05) is 24.6 Å². The molecule has 0 spiro atoms. The van der Waals surface area contributed by atoms with Crippen LogP contribution in [0.25, 0.3) is 0 Å². The summed E-state index contributed by atoms with van der Waals surface area (Å²) in [4.78, 5) is 11.9. The lowest BCUT2D eigenvalue weighted by Crippen LogP contribution is -2.33. The molecule has 3 atom stereocenters. The smallest absolute Gasteiger partial charge is 0.220 e. The van der Waals surface area contributed by atoms with Gasteiger partial charge in [0.2, 0.25) is 5.91 Å². The minimum Gasteiger partial charge on any atom is -0.496 e. The molecule has 116 valence electrons. The van der Waals surface area contributed by atoms with Crippen molar-refractivity contribution in [2.24, 2.45) is 11.7 Å². The maximum atomic E-state index is 11.9. The van der Waals surface area contributed by atoms with E-state index in [1.54, 1.807) is 19.2 Å². The van der Waals surface area contributed by atoms with E-state index in [1.807, 2.05) is 12.1 Å². The summed E-state index contributed by atoms with van der Waals surface area (Å²) < 4.78 is 5.21. The number of para-hydroxylation sites is 1. The van der Waals surface area contributed by atoms with Crippen LogP contribution in [0.1, 0.15) is 37.4 Å². The third-order valence-corrected chi connectivity index (χ3v) is 4.16. The van der Waals surface area contributed by atoms with Crippen LogP contribution in [0.3, 0.4) is 0 Å². The van der Waals surface area contributed by atoms with Crippen molar-refractivity contribution < 1.29 is 14.6 Å². The first-order valence-electron chi connectivity index (χ1n) is 7.45. The van der Waals surface area contributed by atoms with Gasteiger partial charge in [-0.05, 0) is 24.8 Å². The predicted octanol–water partition coefficient (Wildman–Crippen LogP) is 1.36. The SMILES string of the molecule is COc1ccccc1C(O)CNC(=O)C[C@@H]1CCC[C@H]1N. The van der Waals surface area contributed by atoms with Gasteiger partial charge in [0.15, 0.2) is 0 Å². The zero-order valence-corrected chi connectivity index (χ0v) is 12.4. The Balaban J connectivity index is 1.83. The summed E-state index contributed by atoms with van der Waals surface area (Å²) in [7, 11) is 1.56. The number of ether oxygens (including phenoxy) is 1. The lowest BCUT2D eigenvalue weighted by molar-refractivity contribution is -0.122. The molecule has 0 aliphatic heterocycles. The molecule has 1 aromatic rings.